The summed E-state index contributed by atoms with van der Waals surface area (Å²) in [5.74, 6) is 0.976. The van der Waals surface area contributed by atoms with Crippen LogP contribution in [0.15, 0.2) is 0 Å². The lowest BCUT2D eigenvalue weighted by molar-refractivity contribution is 0.0602. The van der Waals surface area contributed by atoms with Crippen LogP contribution in [0.3, 0.4) is 0 Å². The zero-order chi connectivity index (χ0) is 13.1. The zero-order valence-electron chi connectivity index (χ0n) is 12.6. The standard InChI is InChI=1S/C16H31N3/c1-14-12-19-9-4-7-16(19)13-18(14)10-8-17-11-15-5-2-3-6-15/h14-17H,2-13H2,1H3. The highest BCUT2D eigenvalue weighted by molar-refractivity contribution is 4.90. The molecule has 0 amide bonds. The lowest BCUT2D eigenvalue weighted by Crippen LogP contribution is -2.56. The molecule has 2 unspecified atom stereocenters. The van der Waals surface area contributed by atoms with E-state index >= 15 is 0 Å². The fourth-order valence-corrected chi connectivity index (χ4v) is 4.30. The molecular weight excluding hydrogens is 234 g/mol. The van der Waals surface area contributed by atoms with E-state index in [1.807, 2.05) is 0 Å². The van der Waals surface area contributed by atoms with E-state index in [2.05, 4.69) is 22.0 Å². The second-order valence-electron chi connectivity index (χ2n) is 6.99. The molecule has 2 aliphatic heterocycles. The molecule has 0 bridgehead atoms. The van der Waals surface area contributed by atoms with Crippen molar-refractivity contribution in [3.8, 4) is 0 Å². The molecule has 3 heteroatoms. The Morgan fingerprint density at radius 1 is 1.05 bits per heavy atom. The highest BCUT2D eigenvalue weighted by Gasteiger charge is 2.33. The summed E-state index contributed by atoms with van der Waals surface area (Å²) in [7, 11) is 0. The maximum absolute atomic E-state index is 3.70. The monoisotopic (exact) mass is 265 g/mol. The molecule has 2 atom stereocenters. The molecule has 1 aliphatic carbocycles. The molecule has 3 aliphatic rings. The van der Waals surface area contributed by atoms with Gasteiger partial charge in [0.2, 0.25) is 0 Å². The van der Waals surface area contributed by atoms with Crippen LogP contribution >= 0.6 is 0 Å². The quantitative estimate of drug-likeness (QED) is 0.766. The van der Waals surface area contributed by atoms with Gasteiger partial charge < -0.3 is 5.32 Å². The van der Waals surface area contributed by atoms with E-state index < -0.39 is 0 Å². The lowest BCUT2D eigenvalue weighted by Gasteiger charge is -2.42. The Balaban J connectivity index is 1.35. The molecule has 1 N–H and O–H groups in total. The van der Waals surface area contributed by atoms with Crippen molar-refractivity contribution < 1.29 is 0 Å². The topological polar surface area (TPSA) is 18.5 Å². The van der Waals surface area contributed by atoms with E-state index in [0.29, 0.717) is 0 Å². The number of piperazine rings is 1. The Kier molecular flexibility index (Phi) is 4.78. The van der Waals surface area contributed by atoms with Crippen LogP contribution in [-0.4, -0.2) is 61.2 Å². The SMILES string of the molecule is CC1CN2CCCC2CN1CCNCC1CCCC1. The van der Waals surface area contributed by atoms with Gasteiger partial charge >= 0.3 is 0 Å². The molecule has 1 saturated carbocycles. The third-order valence-electron chi connectivity index (χ3n) is 5.55. The lowest BCUT2D eigenvalue weighted by atomic mass is 10.1. The van der Waals surface area contributed by atoms with Crippen LogP contribution in [0, 0.1) is 5.92 Å². The Labute approximate surface area is 118 Å². The van der Waals surface area contributed by atoms with E-state index in [1.165, 1.54) is 77.8 Å². The molecule has 3 nitrogen and oxygen atoms in total. The van der Waals surface area contributed by atoms with E-state index in [1.54, 1.807) is 0 Å². The van der Waals surface area contributed by atoms with Gasteiger partial charge in [-0.2, -0.15) is 0 Å². The Morgan fingerprint density at radius 3 is 2.74 bits per heavy atom. The highest BCUT2D eigenvalue weighted by Crippen LogP contribution is 2.25. The Morgan fingerprint density at radius 2 is 1.89 bits per heavy atom. The molecule has 110 valence electrons. The summed E-state index contributed by atoms with van der Waals surface area (Å²) in [5, 5.41) is 3.70. The first-order valence-electron chi connectivity index (χ1n) is 8.52. The smallest absolute Gasteiger partial charge is 0.0224 e. The molecule has 2 saturated heterocycles. The molecule has 3 rings (SSSR count). The van der Waals surface area contributed by atoms with Gasteiger partial charge in [0.15, 0.2) is 0 Å². The number of nitrogens with one attached hydrogen (secondary N) is 1. The summed E-state index contributed by atoms with van der Waals surface area (Å²) >= 11 is 0. The fourth-order valence-electron chi connectivity index (χ4n) is 4.30. The summed E-state index contributed by atoms with van der Waals surface area (Å²) < 4.78 is 0. The van der Waals surface area contributed by atoms with Gasteiger partial charge in [-0.1, -0.05) is 12.8 Å². The van der Waals surface area contributed by atoms with Crippen LogP contribution < -0.4 is 5.32 Å². The summed E-state index contributed by atoms with van der Waals surface area (Å²) in [6.07, 6.45) is 8.71. The van der Waals surface area contributed by atoms with Crippen LogP contribution in [0.5, 0.6) is 0 Å². The van der Waals surface area contributed by atoms with E-state index in [9.17, 15) is 0 Å². The van der Waals surface area contributed by atoms with Crippen molar-refractivity contribution in [2.45, 2.75) is 57.5 Å². The molecule has 0 radical (unpaired) electrons. The van der Waals surface area contributed by atoms with Crippen LogP contribution in [0.2, 0.25) is 0 Å². The Hall–Kier alpha value is -0.120. The fraction of sp³-hybridized carbons (Fsp3) is 1.00. The highest BCUT2D eigenvalue weighted by atomic mass is 15.3. The maximum Gasteiger partial charge on any atom is 0.0224 e. The summed E-state index contributed by atoms with van der Waals surface area (Å²) in [6, 6.07) is 1.62. The third-order valence-corrected chi connectivity index (χ3v) is 5.55. The van der Waals surface area contributed by atoms with Crippen LogP contribution in [0.25, 0.3) is 0 Å². The minimum absolute atomic E-state index is 0.752. The number of hydrogen-bond donors (Lipinski definition) is 1. The van der Waals surface area contributed by atoms with Gasteiger partial charge in [-0.15, -0.1) is 0 Å². The first-order valence-corrected chi connectivity index (χ1v) is 8.52. The molecular formula is C16H31N3. The molecule has 3 fully saturated rings. The normalized spacial score (nSPS) is 33.9. The predicted molar refractivity (Wildman–Crippen MR) is 80.5 cm³/mol. The third kappa shape index (κ3) is 3.50. The van der Waals surface area contributed by atoms with Crippen molar-refractivity contribution in [2.24, 2.45) is 5.92 Å². The Bertz CT molecular complexity index is 275. The number of nitrogens with zero attached hydrogens (tertiary/aromatic N) is 2. The van der Waals surface area contributed by atoms with Crippen molar-refractivity contribution in [2.75, 3.05) is 39.3 Å². The van der Waals surface area contributed by atoms with Gasteiger partial charge in [-0.25, -0.2) is 0 Å². The first kappa shape index (κ1) is 13.8. The van der Waals surface area contributed by atoms with Crippen molar-refractivity contribution in [3.63, 3.8) is 0 Å². The average molecular weight is 265 g/mol. The molecule has 2 heterocycles. The van der Waals surface area contributed by atoms with Gasteiger partial charge in [0.25, 0.3) is 0 Å². The number of hydrogen-bond acceptors (Lipinski definition) is 3. The van der Waals surface area contributed by atoms with Gasteiger partial charge in [0, 0.05) is 38.3 Å². The first-order chi connectivity index (χ1) is 9.33. The molecule has 0 aromatic heterocycles. The summed E-state index contributed by atoms with van der Waals surface area (Å²) in [4.78, 5) is 5.43. The molecule has 19 heavy (non-hydrogen) atoms. The van der Waals surface area contributed by atoms with Crippen LogP contribution in [0.4, 0.5) is 0 Å². The average Bonchev–Trinajstić information content (AvgIpc) is 3.05. The minimum Gasteiger partial charge on any atom is -0.315 e. The second kappa shape index (κ2) is 6.55. The maximum atomic E-state index is 3.70. The van der Waals surface area contributed by atoms with Gasteiger partial charge in [0.05, 0.1) is 0 Å². The van der Waals surface area contributed by atoms with E-state index in [-0.39, 0.29) is 0 Å². The molecule has 0 spiro atoms. The van der Waals surface area contributed by atoms with Gasteiger partial charge in [0.1, 0.15) is 0 Å². The van der Waals surface area contributed by atoms with Crippen LogP contribution in [0.1, 0.15) is 45.4 Å². The summed E-state index contributed by atoms with van der Waals surface area (Å²) in [6.45, 7) is 10.1. The summed E-state index contributed by atoms with van der Waals surface area (Å²) in [5.41, 5.74) is 0. The minimum atomic E-state index is 0.752. The zero-order valence-corrected chi connectivity index (χ0v) is 12.6. The van der Waals surface area contributed by atoms with Crippen molar-refractivity contribution >= 4 is 0 Å². The van der Waals surface area contributed by atoms with Crippen molar-refractivity contribution in [3.05, 3.63) is 0 Å². The largest absolute Gasteiger partial charge is 0.315 e. The van der Waals surface area contributed by atoms with Crippen molar-refractivity contribution in [1.82, 2.24) is 15.1 Å². The van der Waals surface area contributed by atoms with E-state index in [0.717, 1.165) is 18.0 Å². The van der Waals surface area contributed by atoms with Crippen LogP contribution in [-0.2, 0) is 0 Å². The van der Waals surface area contributed by atoms with Gasteiger partial charge in [-0.3, -0.25) is 9.80 Å². The number of rotatable bonds is 5. The van der Waals surface area contributed by atoms with Crippen molar-refractivity contribution in [1.29, 1.82) is 0 Å². The predicted octanol–water partition coefficient (Wildman–Crippen LogP) is 1.93. The molecule has 0 aromatic carbocycles. The van der Waals surface area contributed by atoms with Gasteiger partial charge in [-0.05, 0) is 51.6 Å². The molecule has 0 aromatic rings. The van der Waals surface area contributed by atoms with E-state index in [4.69, 9.17) is 0 Å². The number of fused-ring (bicyclic) bond motifs is 1. The second-order valence-corrected chi connectivity index (χ2v) is 6.99.